The molecule has 0 spiro atoms. The number of unbranched alkanes of at least 4 members (excludes halogenated alkanes) is 1. The molecular formula is C20H24N2O4. The van der Waals surface area contributed by atoms with Gasteiger partial charge in [-0.1, -0.05) is 50.5 Å². The third-order valence-corrected chi connectivity index (χ3v) is 5.17. The fourth-order valence-electron chi connectivity index (χ4n) is 3.62. The van der Waals surface area contributed by atoms with E-state index in [1.54, 1.807) is 12.1 Å². The molecule has 2 fully saturated rings. The topological polar surface area (TPSA) is 74.8 Å². The van der Waals surface area contributed by atoms with Crippen molar-refractivity contribution in [2.45, 2.75) is 57.9 Å². The second kappa shape index (κ2) is 7.81. The zero-order valence-corrected chi connectivity index (χ0v) is 15.1. The number of amides is 4. The maximum Gasteiger partial charge on any atom is 0.334 e. The minimum atomic E-state index is -0.894. The Hall–Kier alpha value is -2.50. The van der Waals surface area contributed by atoms with E-state index in [1.807, 2.05) is 12.1 Å². The number of rotatable bonds is 7. The van der Waals surface area contributed by atoms with E-state index >= 15 is 0 Å². The first-order chi connectivity index (χ1) is 12.5. The van der Waals surface area contributed by atoms with Crippen LogP contribution in [0.5, 0.6) is 0 Å². The largest absolute Gasteiger partial charge is 0.334 e. The maximum atomic E-state index is 12.5. The first-order valence-corrected chi connectivity index (χ1v) is 9.34. The molecule has 1 aliphatic heterocycles. The van der Waals surface area contributed by atoms with Crippen molar-refractivity contribution in [2.75, 3.05) is 6.54 Å². The van der Waals surface area contributed by atoms with Gasteiger partial charge in [0.15, 0.2) is 5.78 Å². The molecule has 2 aliphatic rings. The minimum absolute atomic E-state index is 0.211. The molecule has 0 aromatic heterocycles. The first-order valence-electron chi connectivity index (χ1n) is 9.34. The van der Waals surface area contributed by atoms with Crippen molar-refractivity contribution >= 4 is 23.6 Å². The standard InChI is InChI=1S/C20H24N2O4/c1-2-3-6-14-9-11-15(12-10-14)17(23)13-21-18(24)19(25)22(20(21)26)16-7-4-5-8-16/h9-12,16H,2-8,13H2,1H3. The summed E-state index contributed by atoms with van der Waals surface area (Å²) in [6, 6.07) is 6.36. The summed E-state index contributed by atoms with van der Waals surface area (Å²) in [5.41, 5.74) is 1.59. The lowest BCUT2D eigenvalue weighted by Crippen LogP contribution is -2.41. The Balaban J connectivity index is 1.67. The predicted molar refractivity (Wildman–Crippen MR) is 95.6 cm³/mol. The molecule has 3 rings (SSSR count). The fourth-order valence-corrected chi connectivity index (χ4v) is 3.62. The van der Waals surface area contributed by atoms with Gasteiger partial charge in [-0.25, -0.2) is 9.69 Å². The number of Topliss-reactive ketones (excluding diaryl/α,β-unsaturated/α-hetero) is 1. The Kier molecular flexibility index (Phi) is 5.49. The number of ketones is 1. The van der Waals surface area contributed by atoms with E-state index in [9.17, 15) is 19.2 Å². The average Bonchev–Trinajstić information content (AvgIpc) is 3.24. The van der Waals surface area contributed by atoms with E-state index < -0.39 is 17.8 Å². The SMILES string of the molecule is CCCCc1ccc(C(=O)CN2C(=O)C(=O)N(C3CCCC3)C2=O)cc1. The van der Waals surface area contributed by atoms with Gasteiger partial charge in [0.2, 0.25) is 0 Å². The van der Waals surface area contributed by atoms with Crippen LogP contribution in [0, 0.1) is 0 Å². The zero-order chi connectivity index (χ0) is 18.7. The molecule has 1 aromatic rings. The van der Waals surface area contributed by atoms with Crippen molar-refractivity contribution in [2.24, 2.45) is 0 Å². The highest BCUT2D eigenvalue weighted by molar-refractivity contribution is 6.45. The average molecular weight is 356 g/mol. The molecule has 138 valence electrons. The second-order valence-electron chi connectivity index (χ2n) is 7.01. The Bertz CT molecular complexity index is 720. The van der Waals surface area contributed by atoms with Crippen LogP contribution in [0.15, 0.2) is 24.3 Å². The summed E-state index contributed by atoms with van der Waals surface area (Å²) in [5.74, 6) is -2.03. The highest BCUT2D eigenvalue weighted by Crippen LogP contribution is 2.27. The quantitative estimate of drug-likeness (QED) is 0.428. The van der Waals surface area contributed by atoms with Crippen LogP contribution in [0.2, 0.25) is 0 Å². The Labute approximate surface area is 153 Å². The smallest absolute Gasteiger partial charge is 0.292 e. The molecule has 0 unspecified atom stereocenters. The first kappa shape index (κ1) is 18.3. The summed E-state index contributed by atoms with van der Waals surface area (Å²) < 4.78 is 0. The fraction of sp³-hybridized carbons (Fsp3) is 0.500. The van der Waals surface area contributed by atoms with Gasteiger partial charge < -0.3 is 0 Å². The lowest BCUT2D eigenvalue weighted by atomic mass is 10.0. The van der Waals surface area contributed by atoms with Gasteiger partial charge in [-0.2, -0.15) is 0 Å². The zero-order valence-electron chi connectivity index (χ0n) is 15.1. The van der Waals surface area contributed by atoms with Crippen molar-refractivity contribution in [3.63, 3.8) is 0 Å². The van der Waals surface area contributed by atoms with Gasteiger partial charge in [0.05, 0.1) is 6.54 Å². The summed E-state index contributed by atoms with van der Waals surface area (Å²) >= 11 is 0. The molecule has 26 heavy (non-hydrogen) atoms. The molecule has 1 aliphatic carbocycles. The molecule has 0 N–H and O–H groups in total. The van der Waals surface area contributed by atoms with Gasteiger partial charge >= 0.3 is 17.8 Å². The number of carbonyl (C=O) groups is 4. The van der Waals surface area contributed by atoms with E-state index in [2.05, 4.69) is 6.92 Å². The highest BCUT2D eigenvalue weighted by atomic mass is 16.2. The predicted octanol–water partition coefficient (Wildman–Crippen LogP) is 2.95. The molecule has 0 atom stereocenters. The van der Waals surface area contributed by atoms with Crippen LogP contribution in [-0.4, -0.2) is 46.0 Å². The Morgan fingerprint density at radius 3 is 2.31 bits per heavy atom. The van der Waals surface area contributed by atoms with E-state index in [1.165, 1.54) is 0 Å². The second-order valence-corrected chi connectivity index (χ2v) is 7.01. The summed E-state index contributed by atoms with van der Waals surface area (Å²) in [6.45, 7) is 1.74. The molecule has 0 bridgehead atoms. The number of urea groups is 1. The monoisotopic (exact) mass is 356 g/mol. The van der Waals surface area contributed by atoms with Gasteiger partial charge in [-0.3, -0.25) is 19.3 Å². The van der Waals surface area contributed by atoms with E-state index in [-0.39, 0.29) is 18.4 Å². The van der Waals surface area contributed by atoms with E-state index in [0.717, 1.165) is 60.3 Å². The third kappa shape index (κ3) is 3.54. The van der Waals surface area contributed by atoms with Crippen LogP contribution in [0.4, 0.5) is 4.79 Å². The van der Waals surface area contributed by atoms with Crippen molar-refractivity contribution in [1.29, 1.82) is 0 Å². The van der Waals surface area contributed by atoms with Gasteiger partial charge in [-0.15, -0.1) is 0 Å². The van der Waals surface area contributed by atoms with Gasteiger partial charge in [0, 0.05) is 11.6 Å². The van der Waals surface area contributed by atoms with Crippen molar-refractivity contribution in [3.8, 4) is 0 Å². The Morgan fingerprint density at radius 2 is 1.69 bits per heavy atom. The number of carbonyl (C=O) groups excluding carboxylic acids is 4. The third-order valence-electron chi connectivity index (χ3n) is 5.17. The number of hydrogen-bond acceptors (Lipinski definition) is 4. The summed E-state index contributed by atoms with van der Waals surface area (Å²) in [6.07, 6.45) is 6.49. The number of aryl methyl sites for hydroxylation is 1. The maximum absolute atomic E-state index is 12.5. The molecule has 1 saturated heterocycles. The molecule has 0 radical (unpaired) electrons. The van der Waals surface area contributed by atoms with Crippen LogP contribution in [-0.2, 0) is 16.0 Å². The summed E-state index contributed by atoms with van der Waals surface area (Å²) in [7, 11) is 0. The number of imide groups is 2. The van der Waals surface area contributed by atoms with Crippen molar-refractivity contribution < 1.29 is 19.2 Å². The minimum Gasteiger partial charge on any atom is -0.292 e. The van der Waals surface area contributed by atoms with Crippen LogP contribution in [0.3, 0.4) is 0 Å². The van der Waals surface area contributed by atoms with Crippen molar-refractivity contribution in [1.82, 2.24) is 9.80 Å². The van der Waals surface area contributed by atoms with Crippen LogP contribution in [0.1, 0.15) is 61.4 Å². The normalized spacial score (nSPS) is 18.3. The number of benzene rings is 1. The van der Waals surface area contributed by atoms with Crippen LogP contribution >= 0.6 is 0 Å². The molecule has 6 heteroatoms. The van der Waals surface area contributed by atoms with Crippen LogP contribution in [0.25, 0.3) is 0 Å². The van der Waals surface area contributed by atoms with Gasteiger partial charge in [-0.05, 0) is 31.2 Å². The van der Waals surface area contributed by atoms with E-state index in [4.69, 9.17) is 0 Å². The highest BCUT2D eigenvalue weighted by Gasteiger charge is 2.48. The summed E-state index contributed by atoms with van der Waals surface area (Å²) in [5, 5.41) is 0. The molecule has 1 saturated carbocycles. The molecule has 6 nitrogen and oxygen atoms in total. The Morgan fingerprint density at radius 1 is 1.04 bits per heavy atom. The molecule has 4 amide bonds. The lowest BCUT2D eigenvalue weighted by molar-refractivity contribution is -0.143. The van der Waals surface area contributed by atoms with E-state index in [0.29, 0.717) is 5.56 Å². The molecule has 1 aromatic carbocycles. The summed E-state index contributed by atoms with van der Waals surface area (Å²) in [4.78, 5) is 51.2. The van der Waals surface area contributed by atoms with Gasteiger partial charge in [0.25, 0.3) is 0 Å². The molecular weight excluding hydrogens is 332 g/mol. The number of nitrogens with zero attached hydrogens (tertiary/aromatic N) is 2. The molecule has 1 heterocycles. The lowest BCUT2D eigenvalue weighted by Gasteiger charge is -2.20. The van der Waals surface area contributed by atoms with Gasteiger partial charge in [0.1, 0.15) is 0 Å². The van der Waals surface area contributed by atoms with Crippen molar-refractivity contribution in [3.05, 3.63) is 35.4 Å². The van der Waals surface area contributed by atoms with Crippen LogP contribution < -0.4 is 0 Å². The number of hydrogen-bond donors (Lipinski definition) is 0.